The van der Waals surface area contributed by atoms with Gasteiger partial charge in [-0.3, -0.25) is 9.59 Å². The number of hydrogen-bond acceptors (Lipinski definition) is 4. The molecule has 2 amide bonds. The van der Waals surface area contributed by atoms with Crippen molar-refractivity contribution in [1.29, 1.82) is 0 Å². The summed E-state index contributed by atoms with van der Waals surface area (Å²) >= 11 is 1.25. The van der Waals surface area contributed by atoms with Gasteiger partial charge in [0.1, 0.15) is 10.7 Å². The Hall–Kier alpha value is -1.17. The molecule has 6 heteroatoms. The first kappa shape index (κ1) is 9.91. The maximum Gasteiger partial charge on any atom is 0.267 e. The minimum absolute atomic E-state index is 0.0299. The lowest BCUT2D eigenvalue weighted by molar-refractivity contribution is -0.125. The molecule has 1 saturated heterocycles. The predicted molar refractivity (Wildman–Crippen MR) is 50.3 cm³/mol. The summed E-state index contributed by atoms with van der Waals surface area (Å²) in [5.74, 6) is -0.390. The van der Waals surface area contributed by atoms with E-state index in [0.29, 0.717) is 17.3 Å². The van der Waals surface area contributed by atoms with Crippen LogP contribution >= 0.6 is 11.8 Å². The van der Waals surface area contributed by atoms with Crippen LogP contribution in [0.25, 0.3) is 0 Å². The van der Waals surface area contributed by atoms with Gasteiger partial charge < -0.3 is 16.4 Å². The fourth-order valence-electron chi connectivity index (χ4n) is 1.05. The molecule has 0 saturated carbocycles. The second-order valence-electron chi connectivity index (χ2n) is 2.51. The van der Waals surface area contributed by atoms with E-state index in [-0.39, 0.29) is 11.6 Å². The van der Waals surface area contributed by atoms with Crippen LogP contribution in [0.4, 0.5) is 0 Å². The highest BCUT2D eigenvalue weighted by Gasteiger charge is 2.28. The maximum atomic E-state index is 11.2. The number of amides is 2. The summed E-state index contributed by atoms with van der Waals surface area (Å²) in [5.41, 5.74) is 10.4. The second kappa shape index (κ2) is 3.69. The molecule has 0 aromatic heterocycles. The molecule has 1 aliphatic heterocycles. The van der Waals surface area contributed by atoms with Crippen molar-refractivity contribution in [2.45, 2.75) is 6.92 Å². The van der Waals surface area contributed by atoms with Crippen LogP contribution in [0, 0.1) is 0 Å². The van der Waals surface area contributed by atoms with E-state index in [0.717, 1.165) is 0 Å². The molecule has 1 fully saturated rings. The lowest BCUT2D eigenvalue weighted by Gasteiger charge is -2.14. The molecule has 0 atom stereocenters. The van der Waals surface area contributed by atoms with E-state index >= 15 is 0 Å². The third kappa shape index (κ3) is 1.77. The normalized spacial score (nSPS) is 20.7. The van der Waals surface area contributed by atoms with E-state index in [1.165, 1.54) is 16.7 Å². The van der Waals surface area contributed by atoms with Crippen molar-refractivity contribution in [3.05, 3.63) is 10.7 Å². The second-order valence-corrected chi connectivity index (χ2v) is 3.47. The van der Waals surface area contributed by atoms with Gasteiger partial charge in [-0.05, 0) is 6.92 Å². The molecule has 5 nitrogen and oxygen atoms in total. The zero-order chi connectivity index (χ0) is 10.0. The molecule has 0 aliphatic carbocycles. The van der Waals surface area contributed by atoms with Gasteiger partial charge in [0.15, 0.2) is 0 Å². The Balaban J connectivity index is 2.99. The molecular weight excluding hydrogens is 190 g/mol. The van der Waals surface area contributed by atoms with Crippen molar-refractivity contribution < 1.29 is 9.59 Å². The third-order valence-corrected chi connectivity index (χ3v) is 2.80. The van der Waals surface area contributed by atoms with Gasteiger partial charge in [0.2, 0.25) is 5.91 Å². The number of carbonyl (C=O) groups is 2. The topological polar surface area (TPSA) is 89.4 Å². The van der Waals surface area contributed by atoms with Crippen LogP contribution in [0.5, 0.6) is 0 Å². The van der Waals surface area contributed by atoms with Gasteiger partial charge >= 0.3 is 0 Å². The van der Waals surface area contributed by atoms with Crippen LogP contribution in [0.2, 0.25) is 0 Å². The number of nitrogens with zero attached hydrogens (tertiary/aromatic N) is 1. The van der Waals surface area contributed by atoms with Gasteiger partial charge in [-0.15, -0.1) is 0 Å². The standard InChI is InChI=1S/C7H11N3O2S/c1-2-10-4(11)3-13-7(10)5(8)6(9)12/h2-3,8H2,1H3,(H2,9,12)/b7-5+. The van der Waals surface area contributed by atoms with Gasteiger partial charge in [-0.1, -0.05) is 11.8 Å². The Bertz CT molecular complexity index is 287. The molecule has 0 radical (unpaired) electrons. The third-order valence-electron chi connectivity index (χ3n) is 1.69. The molecule has 13 heavy (non-hydrogen) atoms. The fourth-order valence-corrected chi connectivity index (χ4v) is 2.11. The molecule has 4 N–H and O–H groups in total. The van der Waals surface area contributed by atoms with Crippen molar-refractivity contribution in [2.24, 2.45) is 11.5 Å². The smallest absolute Gasteiger partial charge is 0.267 e. The molecule has 0 bridgehead atoms. The zero-order valence-corrected chi connectivity index (χ0v) is 8.06. The molecule has 1 heterocycles. The summed E-state index contributed by atoms with van der Waals surface area (Å²) < 4.78 is 0. The van der Waals surface area contributed by atoms with Crippen molar-refractivity contribution in [2.75, 3.05) is 12.3 Å². The Kier molecular flexibility index (Phi) is 2.82. The van der Waals surface area contributed by atoms with Gasteiger partial charge in [-0.25, -0.2) is 0 Å². The van der Waals surface area contributed by atoms with Gasteiger partial charge in [0.05, 0.1) is 5.75 Å². The van der Waals surface area contributed by atoms with Crippen molar-refractivity contribution in [1.82, 2.24) is 4.90 Å². The minimum atomic E-state index is -0.685. The molecule has 72 valence electrons. The van der Waals surface area contributed by atoms with Crippen LogP contribution in [-0.4, -0.2) is 29.0 Å². The average molecular weight is 201 g/mol. The zero-order valence-electron chi connectivity index (χ0n) is 7.24. The number of hydrogen-bond donors (Lipinski definition) is 2. The van der Waals surface area contributed by atoms with Crippen LogP contribution in [0.3, 0.4) is 0 Å². The van der Waals surface area contributed by atoms with E-state index < -0.39 is 5.91 Å². The molecule has 0 aromatic rings. The maximum absolute atomic E-state index is 11.2. The van der Waals surface area contributed by atoms with Gasteiger partial charge in [-0.2, -0.15) is 0 Å². The molecule has 0 aromatic carbocycles. The summed E-state index contributed by atoms with van der Waals surface area (Å²) in [6, 6.07) is 0. The number of primary amides is 1. The van der Waals surface area contributed by atoms with Crippen LogP contribution in [-0.2, 0) is 9.59 Å². The monoisotopic (exact) mass is 201 g/mol. The van der Waals surface area contributed by atoms with E-state index in [2.05, 4.69) is 0 Å². The van der Waals surface area contributed by atoms with Crippen LogP contribution in [0.1, 0.15) is 6.92 Å². The lowest BCUT2D eigenvalue weighted by Crippen LogP contribution is -2.29. The minimum Gasteiger partial charge on any atom is -0.392 e. The summed E-state index contributed by atoms with van der Waals surface area (Å²) in [7, 11) is 0. The fraction of sp³-hybridized carbons (Fsp3) is 0.429. The predicted octanol–water partition coefficient (Wildman–Crippen LogP) is -0.805. The highest BCUT2D eigenvalue weighted by Crippen LogP contribution is 2.29. The van der Waals surface area contributed by atoms with E-state index in [4.69, 9.17) is 11.5 Å². The lowest BCUT2D eigenvalue weighted by atomic mass is 10.4. The molecule has 1 aliphatic rings. The summed E-state index contributed by atoms with van der Waals surface area (Å²) in [6.45, 7) is 2.33. The highest BCUT2D eigenvalue weighted by molar-refractivity contribution is 8.04. The quantitative estimate of drug-likeness (QED) is 0.572. The number of carbonyl (C=O) groups excluding carboxylic acids is 2. The summed E-state index contributed by atoms with van der Waals surface area (Å²) in [5, 5.41) is 0.486. The molecule has 0 spiro atoms. The Morgan fingerprint density at radius 1 is 1.62 bits per heavy atom. The Morgan fingerprint density at radius 3 is 2.69 bits per heavy atom. The first-order valence-corrected chi connectivity index (χ1v) is 4.79. The summed E-state index contributed by atoms with van der Waals surface area (Å²) in [6.07, 6.45) is 0. The van der Waals surface area contributed by atoms with E-state index in [1.54, 1.807) is 0 Å². The first-order chi connectivity index (χ1) is 6.07. The highest BCUT2D eigenvalue weighted by atomic mass is 32.2. The summed E-state index contributed by atoms with van der Waals surface area (Å²) in [4.78, 5) is 23.4. The van der Waals surface area contributed by atoms with Crippen molar-refractivity contribution >= 4 is 23.6 Å². The van der Waals surface area contributed by atoms with Crippen molar-refractivity contribution in [3.63, 3.8) is 0 Å². The largest absolute Gasteiger partial charge is 0.392 e. The molecule has 0 unspecified atom stereocenters. The van der Waals surface area contributed by atoms with E-state index in [9.17, 15) is 9.59 Å². The molecule has 1 rings (SSSR count). The van der Waals surface area contributed by atoms with Crippen LogP contribution in [0.15, 0.2) is 10.7 Å². The average Bonchev–Trinajstić information content (AvgIpc) is 2.45. The molecular formula is C7H11N3O2S. The van der Waals surface area contributed by atoms with Gasteiger partial charge in [0.25, 0.3) is 5.91 Å². The van der Waals surface area contributed by atoms with Crippen molar-refractivity contribution in [3.8, 4) is 0 Å². The van der Waals surface area contributed by atoms with Crippen LogP contribution < -0.4 is 11.5 Å². The Morgan fingerprint density at radius 2 is 2.23 bits per heavy atom. The SMILES string of the molecule is CCN1C(=O)CS/C1=C(/N)C(N)=O. The van der Waals surface area contributed by atoms with Gasteiger partial charge in [0, 0.05) is 6.54 Å². The Labute approximate surface area is 80.1 Å². The number of rotatable bonds is 2. The first-order valence-electron chi connectivity index (χ1n) is 3.80. The number of thioether (sulfide) groups is 1. The van der Waals surface area contributed by atoms with E-state index in [1.807, 2.05) is 6.92 Å². The number of nitrogens with two attached hydrogens (primary N) is 2.